The first kappa shape index (κ1) is 16.9. The molecule has 0 aromatic heterocycles. The smallest absolute Gasteiger partial charge is 0.392 e. The van der Waals surface area contributed by atoms with Gasteiger partial charge < -0.3 is 10.4 Å². The quantitative estimate of drug-likeness (QED) is 0.732. The summed E-state index contributed by atoms with van der Waals surface area (Å²) in [5.74, 6) is -2.05. The standard InChI is InChI=1S/C11H17F3NO3/c1-3-10(4-2,7-16)8(17)5-6-15-9(18)11(12,13)14/h8,17H,3-6H2,1-2H3,(H,15,18). The maximum absolute atomic E-state index is 11.9. The molecule has 1 amide bonds. The van der Waals surface area contributed by atoms with Crippen molar-refractivity contribution in [1.29, 1.82) is 0 Å². The molecule has 1 atom stereocenters. The number of halogens is 3. The molecule has 0 saturated carbocycles. The number of alkyl halides is 3. The third-order valence-corrected chi connectivity index (χ3v) is 3.06. The summed E-state index contributed by atoms with van der Waals surface area (Å²) >= 11 is 0. The van der Waals surface area contributed by atoms with Crippen molar-refractivity contribution in [1.82, 2.24) is 5.32 Å². The van der Waals surface area contributed by atoms with Crippen LogP contribution in [0, 0.1) is 5.41 Å². The van der Waals surface area contributed by atoms with Crippen LogP contribution in [0.2, 0.25) is 0 Å². The zero-order valence-corrected chi connectivity index (χ0v) is 10.3. The summed E-state index contributed by atoms with van der Waals surface area (Å²) in [5, 5.41) is 11.4. The number of carbonyl (C=O) groups excluding carboxylic acids is 2. The van der Waals surface area contributed by atoms with E-state index in [2.05, 4.69) is 0 Å². The molecule has 0 heterocycles. The van der Waals surface area contributed by atoms with Crippen molar-refractivity contribution in [2.45, 2.75) is 45.4 Å². The molecule has 0 aliphatic rings. The monoisotopic (exact) mass is 268 g/mol. The molecule has 2 N–H and O–H groups in total. The van der Waals surface area contributed by atoms with Gasteiger partial charge in [-0.2, -0.15) is 13.2 Å². The molecule has 0 aliphatic carbocycles. The molecule has 0 spiro atoms. The molecule has 18 heavy (non-hydrogen) atoms. The number of hydrogen-bond donors (Lipinski definition) is 2. The van der Waals surface area contributed by atoms with Gasteiger partial charge in [0.05, 0.1) is 11.5 Å². The number of aliphatic hydroxyl groups is 1. The SMILES string of the molecule is CCC([C]=O)(CC)C(O)CCNC(=O)C(F)(F)F. The van der Waals surface area contributed by atoms with Gasteiger partial charge in [0.1, 0.15) is 0 Å². The lowest BCUT2D eigenvalue weighted by molar-refractivity contribution is -0.173. The van der Waals surface area contributed by atoms with Crippen molar-refractivity contribution >= 4 is 12.2 Å². The van der Waals surface area contributed by atoms with Crippen molar-refractivity contribution < 1.29 is 27.9 Å². The summed E-state index contributed by atoms with van der Waals surface area (Å²) in [6, 6.07) is 0. The number of rotatable bonds is 7. The van der Waals surface area contributed by atoms with Gasteiger partial charge in [0.15, 0.2) is 0 Å². The summed E-state index contributed by atoms with van der Waals surface area (Å²) < 4.78 is 35.6. The molecule has 0 aromatic rings. The summed E-state index contributed by atoms with van der Waals surface area (Å²) in [6.45, 7) is 3.03. The van der Waals surface area contributed by atoms with Crippen molar-refractivity contribution in [2.75, 3.05) is 6.54 Å². The van der Waals surface area contributed by atoms with Crippen LogP contribution in [0.4, 0.5) is 13.2 Å². The Morgan fingerprint density at radius 2 is 1.83 bits per heavy atom. The largest absolute Gasteiger partial charge is 0.471 e. The van der Waals surface area contributed by atoms with E-state index >= 15 is 0 Å². The molecule has 0 rings (SSSR count). The van der Waals surface area contributed by atoms with Crippen molar-refractivity contribution in [3.8, 4) is 0 Å². The lowest BCUT2D eigenvalue weighted by Crippen LogP contribution is -2.41. The lowest BCUT2D eigenvalue weighted by atomic mass is 9.77. The highest BCUT2D eigenvalue weighted by Crippen LogP contribution is 2.29. The molecule has 105 valence electrons. The highest BCUT2D eigenvalue weighted by molar-refractivity contribution is 5.81. The van der Waals surface area contributed by atoms with Crippen LogP contribution in [0.5, 0.6) is 0 Å². The second kappa shape index (κ2) is 6.72. The average Bonchev–Trinajstić information content (AvgIpc) is 2.30. The lowest BCUT2D eigenvalue weighted by Gasteiger charge is -2.30. The molecule has 0 bridgehead atoms. The Morgan fingerprint density at radius 3 is 2.17 bits per heavy atom. The number of hydrogen-bond acceptors (Lipinski definition) is 3. The second-order valence-electron chi connectivity index (χ2n) is 4.02. The Hall–Kier alpha value is -1.11. The van der Waals surface area contributed by atoms with E-state index in [-0.39, 0.29) is 13.0 Å². The van der Waals surface area contributed by atoms with Gasteiger partial charge in [-0.3, -0.25) is 9.59 Å². The molecule has 0 saturated heterocycles. The highest BCUT2D eigenvalue weighted by atomic mass is 19.4. The number of amides is 1. The zero-order valence-electron chi connectivity index (χ0n) is 10.3. The van der Waals surface area contributed by atoms with E-state index in [1.807, 2.05) is 0 Å². The van der Waals surface area contributed by atoms with E-state index in [9.17, 15) is 27.9 Å². The minimum Gasteiger partial charge on any atom is -0.392 e. The van der Waals surface area contributed by atoms with Gasteiger partial charge in [-0.05, 0) is 19.3 Å². The zero-order chi connectivity index (χ0) is 14.4. The molecule has 7 heteroatoms. The van der Waals surface area contributed by atoms with Crippen LogP contribution in [0.1, 0.15) is 33.1 Å². The van der Waals surface area contributed by atoms with E-state index in [1.165, 1.54) is 0 Å². The summed E-state index contributed by atoms with van der Waals surface area (Å²) in [5.41, 5.74) is -1.08. The average molecular weight is 268 g/mol. The topological polar surface area (TPSA) is 66.4 Å². The molecule has 1 radical (unpaired) electrons. The van der Waals surface area contributed by atoms with Crippen LogP contribution < -0.4 is 5.32 Å². The maximum Gasteiger partial charge on any atom is 0.471 e. The minimum absolute atomic E-state index is 0.126. The Bertz CT molecular complexity index is 288. The molecule has 4 nitrogen and oxygen atoms in total. The van der Waals surface area contributed by atoms with Crippen LogP contribution in [0.3, 0.4) is 0 Å². The Kier molecular flexibility index (Phi) is 6.31. The first-order valence-corrected chi connectivity index (χ1v) is 5.66. The van der Waals surface area contributed by atoms with Crippen LogP contribution in [-0.4, -0.2) is 36.1 Å². The number of aliphatic hydroxyl groups excluding tert-OH is 1. The second-order valence-corrected chi connectivity index (χ2v) is 4.02. The van der Waals surface area contributed by atoms with Gasteiger partial charge in [0.25, 0.3) is 0 Å². The predicted octanol–water partition coefficient (Wildman–Crippen LogP) is 1.33. The van der Waals surface area contributed by atoms with Crippen LogP contribution in [-0.2, 0) is 9.59 Å². The Morgan fingerprint density at radius 1 is 1.33 bits per heavy atom. The number of carbonyl (C=O) groups is 1. The fraction of sp³-hybridized carbons (Fsp3) is 0.818. The van der Waals surface area contributed by atoms with Crippen molar-refractivity contribution in [2.24, 2.45) is 5.41 Å². The third kappa shape index (κ3) is 4.29. The van der Waals surface area contributed by atoms with Gasteiger partial charge in [0, 0.05) is 6.54 Å². The normalized spacial score (nSPS) is 14.1. The van der Waals surface area contributed by atoms with E-state index in [0.717, 1.165) is 0 Å². The van der Waals surface area contributed by atoms with E-state index in [0.29, 0.717) is 12.8 Å². The predicted molar refractivity (Wildman–Crippen MR) is 58.4 cm³/mol. The van der Waals surface area contributed by atoms with E-state index < -0.39 is 23.6 Å². The Balaban J connectivity index is 4.30. The minimum atomic E-state index is -4.94. The molecular formula is C11H17F3NO3. The Labute approximate surface area is 104 Å². The third-order valence-electron chi connectivity index (χ3n) is 3.06. The van der Waals surface area contributed by atoms with E-state index in [4.69, 9.17) is 0 Å². The molecule has 0 fully saturated rings. The highest BCUT2D eigenvalue weighted by Gasteiger charge is 2.39. The van der Waals surface area contributed by atoms with Gasteiger partial charge in [-0.25, -0.2) is 0 Å². The van der Waals surface area contributed by atoms with Crippen molar-refractivity contribution in [3.05, 3.63) is 0 Å². The number of nitrogens with one attached hydrogen (secondary N) is 1. The fourth-order valence-electron chi connectivity index (χ4n) is 1.63. The van der Waals surface area contributed by atoms with Crippen molar-refractivity contribution in [3.63, 3.8) is 0 Å². The van der Waals surface area contributed by atoms with Gasteiger partial charge in [-0.15, -0.1) is 0 Å². The van der Waals surface area contributed by atoms with Crippen LogP contribution >= 0.6 is 0 Å². The molecule has 0 aromatic carbocycles. The van der Waals surface area contributed by atoms with Crippen LogP contribution in [0.15, 0.2) is 0 Å². The fourth-order valence-corrected chi connectivity index (χ4v) is 1.63. The van der Waals surface area contributed by atoms with Gasteiger partial charge in [0.2, 0.25) is 6.29 Å². The summed E-state index contributed by atoms with van der Waals surface area (Å²) in [6.07, 6.45) is -3.77. The van der Waals surface area contributed by atoms with E-state index in [1.54, 1.807) is 25.5 Å². The summed E-state index contributed by atoms with van der Waals surface area (Å²) in [4.78, 5) is 21.3. The molecule has 1 unspecified atom stereocenters. The van der Waals surface area contributed by atoms with Gasteiger partial charge in [-0.1, -0.05) is 13.8 Å². The first-order chi connectivity index (χ1) is 8.23. The first-order valence-electron chi connectivity index (χ1n) is 5.66. The molecular weight excluding hydrogens is 251 g/mol. The van der Waals surface area contributed by atoms with Gasteiger partial charge >= 0.3 is 12.1 Å². The molecule has 0 aliphatic heterocycles. The maximum atomic E-state index is 11.9. The van der Waals surface area contributed by atoms with Crippen LogP contribution in [0.25, 0.3) is 0 Å². The summed E-state index contributed by atoms with van der Waals surface area (Å²) in [7, 11) is 0.